The molecule has 1 heterocycles. The summed E-state index contributed by atoms with van der Waals surface area (Å²) in [5.41, 5.74) is 1.23. The van der Waals surface area contributed by atoms with E-state index in [9.17, 15) is 4.79 Å². The Kier molecular flexibility index (Phi) is 3.61. The summed E-state index contributed by atoms with van der Waals surface area (Å²) < 4.78 is 1.07. The zero-order chi connectivity index (χ0) is 11.5. The normalized spacial score (nSPS) is 25.3. The van der Waals surface area contributed by atoms with Gasteiger partial charge in [0.25, 0.3) is 0 Å². The third-order valence-corrected chi connectivity index (χ3v) is 3.56. The van der Waals surface area contributed by atoms with Crippen LogP contribution in [0.3, 0.4) is 0 Å². The Morgan fingerprint density at radius 3 is 2.50 bits per heavy atom. The maximum absolute atomic E-state index is 10.8. The van der Waals surface area contributed by atoms with Gasteiger partial charge in [0.05, 0.1) is 5.92 Å². The van der Waals surface area contributed by atoms with Gasteiger partial charge in [0.1, 0.15) is 0 Å². The number of hydrogen-bond acceptors (Lipinski definition) is 2. The van der Waals surface area contributed by atoms with E-state index in [2.05, 4.69) is 33.4 Å². The van der Waals surface area contributed by atoms with Gasteiger partial charge in [-0.05, 0) is 30.5 Å². The molecule has 2 unspecified atom stereocenters. The van der Waals surface area contributed by atoms with Crippen molar-refractivity contribution in [2.24, 2.45) is 5.92 Å². The van der Waals surface area contributed by atoms with Gasteiger partial charge in [0.2, 0.25) is 0 Å². The molecule has 1 aliphatic heterocycles. The topological polar surface area (TPSA) is 49.3 Å². The number of carbonyl (C=O) groups is 1. The number of benzene rings is 1. The summed E-state index contributed by atoms with van der Waals surface area (Å²) in [5.74, 6) is -0.923. The Bertz CT molecular complexity index is 369. The fraction of sp³-hybridized carbons (Fsp3) is 0.417. The summed E-state index contributed by atoms with van der Waals surface area (Å²) in [4.78, 5) is 10.8. The Morgan fingerprint density at radius 2 is 2.00 bits per heavy atom. The van der Waals surface area contributed by atoms with Crippen LogP contribution in [0.15, 0.2) is 28.7 Å². The molecule has 1 fully saturated rings. The van der Waals surface area contributed by atoms with Gasteiger partial charge < -0.3 is 10.4 Å². The molecule has 2 atom stereocenters. The predicted octanol–water partition coefficient (Wildman–Crippen LogP) is 2.57. The number of hydrogen-bond donors (Lipinski definition) is 2. The van der Waals surface area contributed by atoms with Crippen molar-refractivity contribution in [3.05, 3.63) is 34.3 Å². The molecule has 0 aromatic heterocycles. The third kappa shape index (κ3) is 2.62. The highest BCUT2D eigenvalue weighted by atomic mass is 79.9. The van der Waals surface area contributed by atoms with Crippen molar-refractivity contribution in [3.8, 4) is 0 Å². The van der Waals surface area contributed by atoms with Crippen molar-refractivity contribution in [3.63, 3.8) is 0 Å². The fourth-order valence-corrected chi connectivity index (χ4v) is 2.31. The number of halogens is 1. The molecule has 0 bridgehead atoms. The van der Waals surface area contributed by atoms with Crippen molar-refractivity contribution >= 4 is 21.9 Å². The first-order valence-corrected chi connectivity index (χ1v) is 6.18. The molecule has 0 saturated carbocycles. The summed E-state index contributed by atoms with van der Waals surface area (Å²) >= 11 is 3.40. The number of carboxylic acids is 1. The zero-order valence-corrected chi connectivity index (χ0v) is 10.4. The zero-order valence-electron chi connectivity index (χ0n) is 8.82. The average molecular weight is 284 g/mol. The molecule has 1 aromatic carbocycles. The predicted molar refractivity (Wildman–Crippen MR) is 65.2 cm³/mol. The number of nitrogens with one attached hydrogen (secondary N) is 1. The maximum atomic E-state index is 10.8. The van der Waals surface area contributed by atoms with Crippen LogP contribution in [-0.4, -0.2) is 17.6 Å². The Morgan fingerprint density at radius 1 is 1.31 bits per heavy atom. The van der Waals surface area contributed by atoms with Gasteiger partial charge in [0, 0.05) is 17.1 Å². The van der Waals surface area contributed by atoms with Gasteiger partial charge in [-0.25, -0.2) is 0 Å². The molecule has 4 heteroatoms. The van der Waals surface area contributed by atoms with Crippen LogP contribution in [0.2, 0.25) is 0 Å². The molecule has 3 nitrogen and oxygen atoms in total. The Balaban J connectivity index is 1.99. The van der Waals surface area contributed by atoms with Crippen LogP contribution in [0.25, 0.3) is 0 Å². The molecule has 0 radical (unpaired) electrons. The smallest absolute Gasteiger partial charge is 0.307 e. The van der Waals surface area contributed by atoms with Crippen molar-refractivity contribution in [1.82, 2.24) is 5.32 Å². The minimum atomic E-state index is -0.693. The first-order valence-electron chi connectivity index (χ1n) is 5.38. The number of rotatable bonds is 2. The number of aliphatic carboxylic acids is 1. The molecule has 1 aromatic rings. The van der Waals surface area contributed by atoms with Gasteiger partial charge >= 0.3 is 5.97 Å². The van der Waals surface area contributed by atoms with Crippen molar-refractivity contribution in [2.75, 3.05) is 6.54 Å². The lowest BCUT2D eigenvalue weighted by Gasteiger charge is -2.28. The highest BCUT2D eigenvalue weighted by Crippen LogP contribution is 2.26. The first kappa shape index (κ1) is 11.6. The van der Waals surface area contributed by atoms with Crippen LogP contribution < -0.4 is 5.32 Å². The average Bonchev–Trinajstić information content (AvgIpc) is 2.30. The van der Waals surface area contributed by atoms with E-state index in [0.717, 1.165) is 17.3 Å². The van der Waals surface area contributed by atoms with Crippen LogP contribution in [-0.2, 0) is 4.79 Å². The molecule has 86 valence electrons. The van der Waals surface area contributed by atoms with Crippen molar-refractivity contribution in [1.29, 1.82) is 0 Å². The van der Waals surface area contributed by atoms with Crippen LogP contribution in [0.1, 0.15) is 24.4 Å². The van der Waals surface area contributed by atoms with Crippen LogP contribution in [0.4, 0.5) is 0 Å². The minimum Gasteiger partial charge on any atom is -0.481 e. The quantitative estimate of drug-likeness (QED) is 0.877. The molecule has 0 amide bonds. The maximum Gasteiger partial charge on any atom is 0.307 e. The summed E-state index contributed by atoms with van der Waals surface area (Å²) in [6.07, 6.45) is 1.64. The fourth-order valence-electron chi connectivity index (χ4n) is 2.05. The summed E-state index contributed by atoms with van der Waals surface area (Å²) in [7, 11) is 0. The minimum absolute atomic E-state index is 0.230. The van der Waals surface area contributed by atoms with Gasteiger partial charge in [-0.3, -0.25) is 4.79 Å². The molecule has 1 saturated heterocycles. The first-order chi connectivity index (χ1) is 7.66. The molecule has 2 rings (SSSR count). The van der Waals surface area contributed by atoms with E-state index in [4.69, 9.17) is 5.11 Å². The van der Waals surface area contributed by atoms with E-state index in [1.165, 1.54) is 5.56 Å². The van der Waals surface area contributed by atoms with Crippen LogP contribution in [0.5, 0.6) is 0 Å². The second-order valence-corrected chi connectivity index (χ2v) is 5.04. The monoisotopic (exact) mass is 283 g/mol. The molecule has 16 heavy (non-hydrogen) atoms. The van der Waals surface area contributed by atoms with E-state index < -0.39 is 5.97 Å². The molecule has 1 aliphatic rings. The highest BCUT2D eigenvalue weighted by Gasteiger charge is 2.25. The second kappa shape index (κ2) is 4.97. The summed E-state index contributed by atoms with van der Waals surface area (Å²) in [6, 6.07) is 8.47. The standard InChI is InChI=1S/C12H14BrNO2/c13-10-4-1-8(2-5-10)11-6-3-9(7-14-11)12(15)16/h1-2,4-5,9,11,14H,3,6-7H2,(H,15,16). The SMILES string of the molecule is O=C(O)C1CCC(c2ccc(Br)cc2)NC1. The summed E-state index contributed by atoms with van der Waals surface area (Å²) in [5, 5.41) is 12.2. The Labute approximate surface area is 103 Å². The lowest BCUT2D eigenvalue weighted by atomic mass is 9.91. The van der Waals surface area contributed by atoms with Gasteiger partial charge in [-0.15, -0.1) is 0 Å². The van der Waals surface area contributed by atoms with Crippen LogP contribution in [0, 0.1) is 5.92 Å². The van der Waals surface area contributed by atoms with E-state index in [-0.39, 0.29) is 5.92 Å². The molecular formula is C12H14BrNO2. The lowest BCUT2D eigenvalue weighted by molar-refractivity contribution is -0.142. The number of carboxylic acid groups (broad SMARTS) is 1. The van der Waals surface area contributed by atoms with Crippen molar-refractivity contribution in [2.45, 2.75) is 18.9 Å². The van der Waals surface area contributed by atoms with E-state index in [0.29, 0.717) is 12.6 Å². The van der Waals surface area contributed by atoms with E-state index in [1.54, 1.807) is 0 Å². The molecule has 0 spiro atoms. The Hall–Kier alpha value is -0.870. The number of piperidine rings is 1. The lowest BCUT2D eigenvalue weighted by Crippen LogP contribution is -2.36. The largest absolute Gasteiger partial charge is 0.481 e. The second-order valence-electron chi connectivity index (χ2n) is 4.12. The molecule has 0 aliphatic carbocycles. The van der Waals surface area contributed by atoms with Crippen LogP contribution >= 0.6 is 15.9 Å². The summed E-state index contributed by atoms with van der Waals surface area (Å²) in [6.45, 7) is 0.566. The van der Waals surface area contributed by atoms with E-state index >= 15 is 0 Å². The van der Waals surface area contributed by atoms with Gasteiger partial charge in [0.15, 0.2) is 0 Å². The molecule has 2 N–H and O–H groups in total. The van der Waals surface area contributed by atoms with E-state index in [1.807, 2.05) is 12.1 Å². The highest BCUT2D eigenvalue weighted by molar-refractivity contribution is 9.10. The third-order valence-electron chi connectivity index (χ3n) is 3.04. The van der Waals surface area contributed by atoms with Crippen molar-refractivity contribution < 1.29 is 9.90 Å². The van der Waals surface area contributed by atoms with Gasteiger partial charge in [-0.1, -0.05) is 28.1 Å². The van der Waals surface area contributed by atoms with Gasteiger partial charge in [-0.2, -0.15) is 0 Å². The molecular weight excluding hydrogens is 270 g/mol.